The highest BCUT2D eigenvalue weighted by Crippen LogP contribution is 1.88. The number of rotatable bonds is 9. The van der Waals surface area contributed by atoms with Crippen LogP contribution >= 0.6 is 0 Å². The molecule has 0 atom stereocenters. The smallest absolute Gasteiger partial charge is 0.305 e. The van der Waals surface area contributed by atoms with Crippen molar-refractivity contribution in [3.63, 3.8) is 0 Å². The molecule has 0 fully saturated rings. The second-order valence-electron chi connectivity index (χ2n) is 2.86. The van der Waals surface area contributed by atoms with E-state index in [0.717, 1.165) is 0 Å². The van der Waals surface area contributed by atoms with E-state index < -0.39 is 5.97 Å². The molecule has 0 aromatic carbocycles. The molecule has 0 aromatic heterocycles. The first-order chi connectivity index (χ1) is 6.63. The van der Waals surface area contributed by atoms with Crippen molar-refractivity contribution in [2.45, 2.75) is 19.8 Å². The van der Waals surface area contributed by atoms with Gasteiger partial charge in [-0.1, -0.05) is 0 Å². The van der Waals surface area contributed by atoms with Crippen LogP contribution in [0.1, 0.15) is 19.8 Å². The summed E-state index contributed by atoms with van der Waals surface area (Å²) in [7, 11) is 0. The van der Waals surface area contributed by atoms with Crippen LogP contribution in [0.5, 0.6) is 0 Å². The summed E-state index contributed by atoms with van der Waals surface area (Å²) in [5.74, 6) is -0.866. The van der Waals surface area contributed by atoms with Crippen molar-refractivity contribution in [1.82, 2.24) is 0 Å². The average molecular weight is 204 g/mol. The van der Waals surface area contributed by atoms with E-state index >= 15 is 0 Å². The third kappa shape index (κ3) is 11.1. The van der Waals surface area contributed by atoms with Crippen molar-refractivity contribution in [1.29, 1.82) is 0 Å². The molecule has 0 unspecified atom stereocenters. The largest absolute Gasteiger partial charge is 0.481 e. The van der Waals surface area contributed by atoms with Gasteiger partial charge in [0.25, 0.3) is 0 Å². The molecule has 0 heterocycles. The molecule has 0 aliphatic heterocycles. The first-order valence-corrected chi connectivity index (χ1v) is 4.49. The number of carboxylic acids is 1. The zero-order valence-electron chi connectivity index (χ0n) is 8.32. The monoisotopic (exact) mass is 204 g/mol. The zero-order chi connectivity index (χ0) is 10.8. The van der Waals surface area contributed by atoms with Crippen LogP contribution in [-0.2, 0) is 19.1 Å². The van der Waals surface area contributed by atoms with Gasteiger partial charge in [0.15, 0.2) is 5.78 Å². The van der Waals surface area contributed by atoms with E-state index in [0.29, 0.717) is 19.6 Å². The van der Waals surface area contributed by atoms with E-state index in [1.165, 1.54) is 6.92 Å². The third-order valence-corrected chi connectivity index (χ3v) is 1.34. The number of carboxylic acid groups (broad SMARTS) is 1. The maximum absolute atomic E-state index is 10.4. The van der Waals surface area contributed by atoms with E-state index in [9.17, 15) is 9.59 Å². The van der Waals surface area contributed by atoms with Crippen LogP contribution < -0.4 is 0 Å². The lowest BCUT2D eigenvalue weighted by molar-refractivity contribution is -0.138. The summed E-state index contributed by atoms with van der Waals surface area (Å²) >= 11 is 0. The van der Waals surface area contributed by atoms with Gasteiger partial charge < -0.3 is 14.6 Å². The quantitative estimate of drug-likeness (QED) is 0.553. The van der Waals surface area contributed by atoms with E-state index in [-0.39, 0.29) is 25.4 Å². The minimum Gasteiger partial charge on any atom is -0.481 e. The van der Waals surface area contributed by atoms with Crippen molar-refractivity contribution in [2.24, 2.45) is 0 Å². The van der Waals surface area contributed by atoms with Crippen molar-refractivity contribution in [2.75, 3.05) is 26.4 Å². The Kier molecular flexibility index (Phi) is 8.07. The van der Waals surface area contributed by atoms with Gasteiger partial charge in [0, 0.05) is 13.2 Å². The molecule has 82 valence electrons. The molecule has 5 heteroatoms. The lowest BCUT2D eigenvalue weighted by Crippen LogP contribution is -2.08. The fourth-order valence-electron chi connectivity index (χ4n) is 0.740. The van der Waals surface area contributed by atoms with Gasteiger partial charge in [-0.3, -0.25) is 9.59 Å². The zero-order valence-corrected chi connectivity index (χ0v) is 8.32. The second kappa shape index (κ2) is 8.65. The molecule has 0 aliphatic carbocycles. The third-order valence-electron chi connectivity index (χ3n) is 1.34. The minimum atomic E-state index is -0.863. The molecule has 0 aliphatic rings. The Morgan fingerprint density at radius 1 is 1.14 bits per heavy atom. The molecular formula is C9H16O5. The summed E-state index contributed by atoms with van der Waals surface area (Å²) in [6, 6.07) is 0. The summed E-state index contributed by atoms with van der Waals surface area (Å²) in [4.78, 5) is 20.5. The minimum absolute atomic E-state index is 0.00297. The topological polar surface area (TPSA) is 72.8 Å². The maximum Gasteiger partial charge on any atom is 0.305 e. The lowest BCUT2D eigenvalue weighted by atomic mass is 10.4. The van der Waals surface area contributed by atoms with Crippen LogP contribution in [0, 0.1) is 0 Å². The van der Waals surface area contributed by atoms with E-state index in [4.69, 9.17) is 14.6 Å². The van der Waals surface area contributed by atoms with Gasteiger partial charge in [0.1, 0.15) is 6.61 Å². The molecule has 0 radical (unpaired) electrons. The first kappa shape index (κ1) is 13.1. The van der Waals surface area contributed by atoms with Gasteiger partial charge in [-0.05, 0) is 13.3 Å². The Morgan fingerprint density at radius 2 is 1.79 bits per heavy atom. The number of ketones is 1. The fraction of sp³-hybridized carbons (Fsp3) is 0.778. The van der Waals surface area contributed by atoms with Crippen molar-refractivity contribution in [3.8, 4) is 0 Å². The lowest BCUT2D eigenvalue weighted by Gasteiger charge is -2.02. The number of Topliss-reactive ketones (excluding diaryl/α,β-unsaturated/α-hetero) is 1. The van der Waals surface area contributed by atoms with Crippen LogP contribution in [0.4, 0.5) is 0 Å². The molecule has 0 rings (SSSR count). The summed E-state index contributed by atoms with van der Waals surface area (Å²) in [6.45, 7) is 2.75. The maximum atomic E-state index is 10.4. The standard InChI is InChI=1S/C9H16O5/c1-8(10)7-14-5-2-4-13-6-3-9(11)12/h2-7H2,1H3,(H,11,12). The molecule has 0 amide bonds. The number of hydrogen-bond donors (Lipinski definition) is 1. The number of carbonyl (C=O) groups excluding carboxylic acids is 1. The Labute approximate surface area is 83.0 Å². The second-order valence-corrected chi connectivity index (χ2v) is 2.86. The van der Waals surface area contributed by atoms with Crippen LogP contribution in [-0.4, -0.2) is 43.3 Å². The van der Waals surface area contributed by atoms with Gasteiger partial charge in [-0.25, -0.2) is 0 Å². The van der Waals surface area contributed by atoms with E-state index in [1.807, 2.05) is 0 Å². The summed E-state index contributed by atoms with van der Waals surface area (Å²) < 4.78 is 9.98. The molecule has 0 aromatic rings. The first-order valence-electron chi connectivity index (χ1n) is 4.49. The molecule has 0 saturated carbocycles. The van der Waals surface area contributed by atoms with Gasteiger partial charge in [-0.2, -0.15) is 0 Å². The fourth-order valence-corrected chi connectivity index (χ4v) is 0.740. The number of carbonyl (C=O) groups is 2. The number of aliphatic carboxylic acids is 1. The van der Waals surface area contributed by atoms with Crippen LogP contribution in [0.15, 0.2) is 0 Å². The van der Waals surface area contributed by atoms with Crippen LogP contribution in [0.3, 0.4) is 0 Å². The highest BCUT2D eigenvalue weighted by Gasteiger charge is 1.96. The summed E-state index contributed by atoms with van der Waals surface area (Å²) in [6.07, 6.45) is 0.696. The molecule has 0 saturated heterocycles. The number of hydrogen-bond acceptors (Lipinski definition) is 4. The predicted molar refractivity (Wildman–Crippen MR) is 49.2 cm³/mol. The molecule has 0 bridgehead atoms. The van der Waals surface area contributed by atoms with E-state index in [1.54, 1.807) is 0 Å². The SMILES string of the molecule is CC(=O)COCCCOCCC(=O)O. The Balaban J connectivity index is 2.99. The molecule has 0 spiro atoms. The Bertz CT molecular complexity index is 158. The molecule has 5 nitrogen and oxygen atoms in total. The van der Waals surface area contributed by atoms with Gasteiger partial charge in [0.2, 0.25) is 0 Å². The summed E-state index contributed by atoms with van der Waals surface area (Å²) in [5.41, 5.74) is 0. The number of ether oxygens (including phenoxy) is 2. The van der Waals surface area contributed by atoms with Crippen LogP contribution in [0.25, 0.3) is 0 Å². The predicted octanol–water partition coefficient (Wildman–Crippen LogP) is 0.473. The average Bonchev–Trinajstić information content (AvgIpc) is 2.08. The highest BCUT2D eigenvalue weighted by molar-refractivity contribution is 5.76. The van der Waals surface area contributed by atoms with E-state index in [2.05, 4.69) is 0 Å². The Morgan fingerprint density at radius 3 is 2.36 bits per heavy atom. The molecule has 1 N–H and O–H groups in total. The van der Waals surface area contributed by atoms with Crippen molar-refractivity contribution < 1.29 is 24.2 Å². The van der Waals surface area contributed by atoms with Gasteiger partial charge in [0.05, 0.1) is 13.0 Å². The van der Waals surface area contributed by atoms with Crippen LogP contribution in [0.2, 0.25) is 0 Å². The van der Waals surface area contributed by atoms with Crippen molar-refractivity contribution in [3.05, 3.63) is 0 Å². The van der Waals surface area contributed by atoms with Crippen molar-refractivity contribution >= 4 is 11.8 Å². The normalized spacial score (nSPS) is 10.1. The highest BCUT2D eigenvalue weighted by atomic mass is 16.5. The summed E-state index contributed by atoms with van der Waals surface area (Å²) in [5, 5.41) is 8.27. The molecule has 14 heavy (non-hydrogen) atoms. The molecular weight excluding hydrogens is 188 g/mol. The van der Waals surface area contributed by atoms with Gasteiger partial charge in [-0.15, -0.1) is 0 Å². The van der Waals surface area contributed by atoms with Gasteiger partial charge >= 0.3 is 5.97 Å². The Hall–Kier alpha value is -0.940.